The molecule has 0 N–H and O–H groups in total. The number of amides is 2. The molecule has 0 unspecified atom stereocenters. The summed E-state index contributed by atoms with van der Waals surface area (Å²) in [4.78, 5) is 33.1. The number of ether oxygens (including phenoxy) is 1. The highest BCUT2D eigenvalue weighted by Gasteiger charge is 2.31. The van der Waals surface area contributed by atoms with E-state index in [9.17, 15) is 9.59 Å². The Balaban J connectivity index is 1.73. The third kappa shape index (κ3) is 6.10. The van der Waals surface area contributed by atoms with Gasteiger partial charge in [-0.25, -0.2) is 0 Å². The molecule has 1 aromatic heterocycles. The zero-order valence-corrected chi connectivity index (χ0v) is 22.6. The summed E-state index contributed by atoms with van der Waals surface area (Å²) in [6.45, 7) is 10.1. The van der Waals surface area contributed by atoms with Gasteiger partial charge in [-0.15, -0.1) is 0 Å². The first-order valence-corrected chi connectivity index (χ1v) is 13.4. The summed E-state index contributed by atoms with van der Waals surface area (Å²) in [5, 5.41) is 5.28. The molecule has 1 aliphatic heterocycles. The van der Waals surface area contributed by atoms with Crippen molar-refractivity contribution < 1.29 is 14.3 Å². The van der Waals surface area contributed by atoms with Crippen molar-refractivity contribution in [3.05, 3.63) is 46.2 Å². The van der Waals surface area contributed by atoms with Gasteiger partial charge in [0, 0.05) is 63.4 Å². The molecule has 36 heavy (non-hydrogen) atoms. The van der Waals surface area contributed by atoms with Crippen LogP contribution in [-0.2, 0) is 22.6 Å². The molecule has 9 heteroatoms. The number of carbonyl (C=O) groups is 2. The molecule has 0 radical (unpaired) electrons. The lowest BCUT2D eigenvalue weighted by Crippen LogP contribution is -2.42. The van der Waals surface area contributed by atoms with Crippen molar-refractivity contribution in [1.82, 2.24) is 19.6 Å². The lowest BCUT2D eigenvalue weighted by Gasteiger charge is -2.30. The van der Waals surface area contributed by atoms with Crippen LogP contribution < -0.4 is 4.90 Å². The van der Waals surface area contributed by atoms with Crippen LogP contribution in [0.4, 0.5) is 5.69 Å². The van der Waals surface area contributed by atoms with Gasteiger partial charge in [-0.1, -0.05) is 17.7 Å². The van der Waals surface area contributed by atoms with E-state index in [0.29, 0.717) is 48.9 Å². The zero-order chi connectivity index (χ0) is 25.8. The van der Waals surface area contributed by atoms with Crippen LogP contribution in [0.3, 0.4) is 0 Å². The van der Waals surface area contributed by atoms with Gasteiger partial charge in [0.1, 0.15) is 12.3 Å². The number of halogens is 1. The Labute approximate surface area is 219 Å². The number of fused-ring (bicyclic) bond motifs is 1. The highest BCUT2D eigenvalue weighted by atomic mass is 35.5. The summed E-state index contributed by atoms with van der Waals surface area (Å²) in [6, 6.07) is 7.88. The fourth-order valence-electron chi connectivity index (χ4n) is 4.86. The van der Waals surface area contributed by atoms with E-state index in [1.807, 2.05) is 40.8 Å². The first kappa shape index (κ1) is 26.6. The zero-order valence-electron chi connectivity index (χ0n) is 21.9. The Bertz CT molecular complexity index is 1080. The molecule has 2 heterocycles. The molecule has 2 amide bonds. The number of nitrogens with zero attached hydrogens (tertiary/aromatic N) is 5. The van der Waals surface area contributed by atoms with Crippen LogP contribution in [-0.4, -0.2) is 77.3 Å². The molecule has 1 aromatic carbocycles. The Morgan fingerprint density at radius 2 is 1.92 bits per heavy atom. The fraction of sp³-hybridized carbons (Fsp3) is 0.593. The highest BCUT2D eigenvalue weighted by molar-refractivity contribution is 6.31. The third-order valence-corrected chi connectivity index (χ3v) is 7.32. The van der Waals surface area contributed by atoms with Crippen LogP contribution in [0, 0.1) is 0 Å². The lowest BCUT2D eigenvalue weighted by molar-refractivity contribution is -0.122. The molecule has 0 saturated heterocycles. The van der Waals surface area contributed by atoms with Gasteiger partial charge < -0.3 is 14.5 Å². The monoisotopic (exact) mass is 515 g/mol. The Hall–Kier alpha value is -2.42. The first-order chi connectivity index (χ1) is 17.3. The molecular weight excluding hydrogens is 478 g/mol. The highest BCUT2D eigenvalue weighted by Crippen LogP contribution is 2.39. The number of aromatic nitrogens is 2. The van der Waals surface area contributed by atoms with Crippen molar-refractivity contribution in [2.45, 2.75) is 65.1 Å². The minimum absolute atomic E-state index is 0.0118. The normalized spacial score (nSPS) is 17.7. The van der Waals surface area contributed by atoms with Crippen molar-refractivity contribution in [2.24, 2.45) is 0 Å². The molecule has 8 nitrogen and oxygen atoms in total. The number of aryl methyl sites for hydroxylation is 1. The molecule has 2 aromatic rings. The smallest absolute Gasteiger partial charge is 0.272 e. The first-order valence-electron chi connectivity index (χ1n) is 13.0. The summed E-state index contributed by atoms with van der Waals surface area (Å²) in [5.41, 5.74) is 3.28. The Kier molecular flexibility index (Phi) is 8.70. The van der Waals surface area contributed by atoms with Gasteiger partial charge in [0.2, 0.25) is 0 Å². The van der Waals surface area contributed by atoms with Gasteiger partial charge in [0.25, 0.3) is 11.8 Å². The second-order valence-corrected chi connectivity index (χ2v) is 10.4. The average Bonchev–Trinajstić information content (AvgIpc) is 3.61. The fourth-order valence-corrected chi connectivity index (χ4v) is 5.03. The molecule has 1 saturated carbocycles. The number of methoxy groups -OCH3 is 1. The van der Waals surface area contributed by atoms with E-state index in [0.717, 1.165) is 49.3 Å². The standard InChI is InChI=1S/C27H38ClN5O3/c1-5-33-25(16-23(29-33)20-7-8-20)27(35)31-14-13-30(19(2)3)11-6-12-32(26(34)18-36-4)24-15-22(28)10-9-21(24)17-31/h9-10,15-16,19-20H,5-8,11-14,17-18H2,1-4H3. The lowest BCUT2D eigenvalue weighted by atomic mass is 10.1. The summed E-state index contributed by atoms with van der Waals surface area (Å²) >= 11 is 6.39. The van der Waals surface area contributed by atoms with E-state index < -0.39 is 0 Å². The average molecular weight is 516 g/mol. The minimum atomic E-state index is -0.118. The SMILES string of the molecule is CCn1nc(C2CC2)cc1C(=O)N1CCN(C(C)C)CCCN(C(=O)COC)c2cc(Cl)ccc2C1. The number of carbonyl (C=O) groups excluding carboxylic acids is 2. The maximum absolute atomic E-state index is 14.0. The van der Waals surface area contributed by atoms with E-state index in [1.54, 1.807) is 4.90 Å². The molecule has 1 aliphatic carbocycles. The summed E-state index contributed by atoms with van der Waals surface area (Å²) in [7, 11) is 1.52. The maximum Gasteiger partial charge on any atom is 0.272 e. The number of anilines is 1. The third-order valence-electron chi connectivity index (χ3n) is 7.08. The predicted molar refractivity (Wildman–Crippen MR) is 142 cm³/mol. The number of rotatable bonds is 6. The Morgan fingerprint density at radius 1 is 1.14 bits per heavy atom. The molecule has 1 fully saturated rings. The number of benzene rings is 1. The minimum Gasteiger partial charge on any atom is -0.375 e. The van der Waals surface area contributed by atoms with E-state index in [1.165, 1.54) is 7.11 Å². The van der Waals surface area contributed by atoms with Gasteiger partial charge in [-0.05, 0) is 63.8 Å². The Morgan fingerprint density at radius 3 is 2.58 bits per heavy atom. The van der Waals surface area contributed by atoms with E-state index in [4.69, 9.17) is 21.4 Å². The second kappa shape index (κ2) is 11.8. The molecule has 0 atom stereocenters. The van der Waals surface area contributed by atoms with Crippen LogP contribution in [0.5, 0.6) is 0 Å². The van der Waals surface area contributed by atoms with E-state index in [-0.39, 0.29) is 18.4 Å². The van der Waals surface area contributed by atoms with Crippen LogP contribution >= 0.6 is 11.6 Å². The van der Waals surface area contributed by atoms with Crippen LogP contribution in [0.15, 0.2) is 24.3 Å². The molecule has 4 rings (SSSR count). The van der Waals surface area contributed by atoms with Gasteiger partial charge >= 0.3 is 0 Å². The summed E-state index contributed by atoms with van der Waals surface area (Å²) in [6.07, 6.45) is 3.09. The predicted octanol–water partition coefficient (Wildman–Crippen LogP) is 4.17. The van der Waals surface area contributed by atoms with Crippen molar-refractivity contribution >= 4 is 29.1 Å². The van der Waals surface area contributed by atoms with Crippen molar-refractivity contribution in [1.29, 1.82) is 0 Å². The van der Waals surface area contributed by atoms with Crippen molar-refractivity contribution in [3.8, 4) is 0 Å². The van der Waals surface area contributed by atoms with Gasteiger partial charge in [-0.2, -0.15) is 5.10 Å². The number of hydrogen-bond donors (Lipinski definition) is 0. The largest absolute Gasteiger partial charge is 0.375 e. The van der Waals surface area contributed by atoms with Crippen LogP contribution in [0.1, 0.15) is 67.7 Å². The van der Waals surface area contributed by atoms with Crippen LogP contribution in [0.25, 0.3) is 0 Å². The summed E-state index contributed by atoms with van der Waals surface area (Å²) < 4.78 is 7.01. The van der Waals surface area contributed by atoms with E-state index in [2.05, 4.69) is 18.7 Å². The quantitative estimate of drug-likeness (QED) is 0.577. The summed E-state index contributed by atoms with van der Waals surface area (Å²) in [5.74, 6) is 0.328. The van der Waals surface area contributed by atoms with Gasteiger partial charge in [0.15, 0.2) is 0 Å². The molecule has 196 valence electrons. The topological polar surface area (TPSA) is 70.9 Å². The van der Waals surface area contributed by atoms with Crippen molar-refractivity contribution in [2.75, 3.05) is 44.8 Å². The van der Waals surface area contributed by atoms with Gasteiger partial charge in [-0.3, -0.25) is 19.2 Å². The second-order valence-electron chi connectivity index (χ2n) is 10.0. The molecular formula is C27H38ClN5O3. The van der Waals surface area contributed by atoms with Crippen LogP contribution in [0.2, 0.25) is 5.02 Å². The van der Waals surface area contributed by atoms with Gasteiger partial charge in [0.05, 0.1) is 11.4 Å². The molecule has 0 spiro atoms. The molecule has 0 bridgehead atoms. The number of hydrogen-bond acceptors (Lipinski definition) is 5. The van der Waals surface area contributed by atoms with E-state index >= 15 is 0 Å². The van der Waals surface area contributed by atoms with Crippen molar-refractivity contribution in [3.63, 3.8) is 0 Å². The molecule has 2 aliphatic rings. The maximum atomic E-state index is 14.0.